The molecule has 0 saturated carbocycles. The van der Waals surface area contributed by atoms with E-state index in [4.69, 9.17) is 19.8 Å². The summed E-state index contributed by atoms with van der Waals surface area (Å²) >= 11 is 0. The number of nitrogens with zero attached hydrogens (tertiary/aromatic N) is 1. The molecule has 0 aromatic rings. The summed E-state index contributed by atoms with van der Waals surface area (Å²) in [6, 6.07) is 2.06. The molecule has 1 rings (SSSR count). The van der Waals surface area contributed by atoms with Gasteiger partial charge in [-0.1, -0.05) is 13.8 Å². The normalized spacial score (nSPS) is 31.8. The van der Waals surface area contributed by atoms with E-state index in [0.717, 1.165) is 0 Å². The molecule has 0 aromatic heterocycles. The minimum absolute atomic E-state index is 0.115. The Hall–Kier alpha value is -1.12. The Kier molecular flexibility index (Phi) is 4.12. The van der Waals surface area contributed by atoms with Gasteiger partial charge in [-0.2, -0.15) is 5.26 Å². The fraction of sp³-hybridized carbons (Fsp3) is 0.833. The Bertz CT molecular complexity index is 332. The van der Waals surface area contributed by atoms with E-state index in [1.165, 1.54) is 0 Å². The third-order valence-electron chi connectivity index (χ3n) is 3.15. The molecule has 0 aliphatic carbocycles. The quantitative estimate of drug-likeness (QED) is 0.815. The molecule has 1 fully saturated rings. The molecule has 5 heteroatoms. The lowest BCUT2D eigenvalue weighted by atomic mass is 9.91. The van der Waals surface area contributed by atoms with Gasteiger partial charge in [0.2, 0.25) is 0 Å². The van der Waals surface area contributed by atoms with Gasteiger partial charge in [0.15, 0.2) is 5.79 Å². The molecule has 0 spiro atoms. The van der Waals surface area contributed by atoms with Gasteiger partial charge in [0.1, 0.15) is 6.10 Å². The van der Waals surface area contributed by atoms with Crippen LogP contribution in [0.1, 0.15) is 46.5 Å². The van der Waals surface area contributed by atoms with Gasteiger partial charge in [0.05, 0.1) is 18.1 Å². The van der Waals surface area contributed by atoms with Crippen LogP contribution in [-0.4, -0.2) is 28.6 Å². The number of ether oxygens (including phenoxy) is 2. The van der Waals surface area contributed by atoms with Crippen molar-refractivity contribution < 1.29 is 19.4 Å². The number of hydrogen-bond acceptors (Lipinski definition) is 4. The molecule has 1 heterocycles. The van der Waals surface area contributed by atoms with Crippen LogP contribution in [0.25, 0.3) is 0 Å². The predicted molar refractivity (Wildman–Crippen MR) is 60.2 cm³/mol. The highest BCUT2D eigenvalue weighted by atomic mass is 16.7. The lowest BCUT2D eigenvalue weighted by Gasteiger charge is -2.47. The number of carboxylic acids is 1. The van der Waals surface area contributed by atoms with E-state index in [1.54, 1.807) is 6.92 Å². The van der Waals surface area contributed by atoms with Crippen LogP contribution < -0.4 is 0 Å². The zero-order valence-corrected chi connectivity index (χ0v) is 10.5. The van der Waals surface area contributed by atoms with Crippen LogP contribution >= 0.6 is 0 Å². The molecule has 17 heavy (non-hydrogen) atoms. The second-order valence-corrected chi connectivity index (χ2v) is 4.68. The first kappa shape index (κ1) is 13.9. The molecule has 0 bridgehead atoms. The summed E-state index contributed by atoms with van der Waals surface area (Å²) in [5.74, 6) is -1.75. The van der Waals surface area contributed by atoms with Gasteiger partial charge in [-0.25, -0.2) is 0 Å². The predicted octanol–water partition coefficient (Wildman–Crippen LogP) is 2.07. The lowest BCUT2D eigenvalue weighted by molar-refractivity contribution is -0.339. The number of carboxylic acid groups (broad SMARTS) is 1. The first-order chi connectivity index (χ1) is 7.88. The monoisotopic (exact) mass is 241 g/mol. The van der Waals surface area contributed by atoms with Crippen LogP contribution in [-0.2, 0) is 14.3 Å². The Morgan fingerprint density at radius 2 is 2.12 bits per heavy atom. The van der Waals surface area contributed by atoms with Gasteiger partial charge in [0, 0.05) is 6.42 Å². The molecular formula is C12H19NO4. The van der Waals surface area contributed by atoms with Crippen LogP contribution in [0.15, 0.2) is 0 Å². The maximum absolute atomic E-state index is 10.9. The second kappa shape index (κ2) is 5.03. The first-order valence-corrected chi connectivity index (χ1v) is 5.88. The Morgan fingerprint density at radius 3 is 2.53 bits per heavy atom. The maximum Gasteiger partial charge on any atom is 0.306 e. The van der Waals surface area contributed by atoms with Gasteiger partial charge >= 0.3 is 5.97 Å². The third kappa shape index (κ3) is 3.18. The van der Waals surface area contributed by atoms with Gasteiger partial charge in [0.25, 0.3) is 0 Å². The number of hydrogen-bond donors (Lipinski definition) is 1. The third-order valence-corrected chi connectivity index (χ3v) is 3.15. The molecular weight excluding hydrogens is 222 g/mol. The lowest BCUT2D eigenvalue weighted by Crippen LogP contribution is -2.53. The van der Waals surface area contributed by atoms with E-state index in [-0.39, 0.29) is 12.8 Å². The summed E-state index contributed by atoms with van der Waals surface area (Å²) in [7, 11) is 0. The standard InChI is InChI=1S/C12H19NO4/c1-4-12(5-2)16-9(8-13)6-11(3,17-12)7-10(14)15/h9H,4-7H2,1-3H3,(H,14,15). The maximum atomic E-state index is 10.9. The molecule has 2 atom stereocenters. The van der Waals surface area contributed by atoms with Crippen molar-refractivity contribution in [2.45, 2.75) is 63.9 Å². The van der Waals surface area contributed by atoms with E-state index >= 15 is 0 Å². The molecule has 1 saturated heterocycles. The first-order valence-electron chi connectivity index (χ1n) is 5.88. The second-order valence-electron chi connectivity index (χ2n) is 4.68. The minimum atomic E-state index is -0.924. The molecule has 1 N–H and O–H groups in total. The SMILES string of the molecule is CCC1(CC)OC(C#N)CC(C)(CC(=O)O)O1. The van der Waals surface area contributed by atoms with Crippen molar-refractivity contribution in [2.75, 3.05) is 0 Å². The van der Waals surface area contributed by atoms with E-state index in [0.29, 0.717) is 12.8 Å². The highest BCUT2D eigenvalue weighted by Gasteiger charge is 2.47. The highest BCUT2D eigenvalue weighted by Crippen LogP contribution is 2.39. The largest absolute Gasteiger partial charge is 0.481 e. The fourth-order valence-corrected chi connectivity index (χ4v) is 2.27. The van der Waals surface area contributed by atoms with Crippen LogP contribution in [0, 0.1) is 11.3 Å². The average molecular weight is 241 g/mol. The van der Waals surface area contributed by atoms with Crippen molar-refractivity contribution in [1.29, 1.82) is 5.26 Å². The summed E-state index contributed by atoms with van der Waals surface area (Å²) in [5.41, 5.74) is -0.837. The summed E-state index contributed by atoms with van der Waals surface area (Å²) in [4.78, 5) is 10.9. The topological polar surface area (TPSA) is 79.5 Å². The van der Waals surface area contributed by atoms with Crippen LogP contribution in [0.5, 0.6) is 0 Å². The highest BCUT2D eigenvalue weighted by molar-refractivity contribution is 5.68. The molecule has 0 aromatic carbocycles. The molecule has 2 unspecified atom stereocenters. The van der Waals surface area contributed by atoms with Gasteiger partial charge < -0.3 is 14.6 Å². The Balaban J connectivity index is 2.94. The Morgan fingerprint density at radius 1 is 1.53 bits per heavy atom. The van der Waals surface area contributed by atoms with Gasteiger partial charge in [-0.3, -0.25) is 4.79 Å². The summed E-state index contributed by atoms with van der Waals surface area (Å²) < 4.78 is 11.5. The number of rotatable bonds is 4. The molecule has 96 valence electrons. The molecule has 1 aliphatic rings. The zero-order chi connectivity index (χ0) is 13.1. The summed E-state index contributed by atoms with van der Waals surface area (Å²) in [6.07, 6.45) is 0.759. The van der Waals surface area contributed by atoms with Crippen molar-refractivity contribution in [3.63, 3.8) is 0 Å². The van der Waals surface area contributed by atoms with Crippen LogP contribution in [0.4, 0.5) is 0 Å². The van der Waals surface area contributed by atoms with E-state index in [1.807, 2.05) is 13.8 Å². The van der Waals surface area contributed by atoms with Crippen molar-refractivity contribution in [3.05, 3.63) is 0 Å². The van der Waals surface area contributed by atoms with Crippen molar-refractivity contribution in [2.24, 2.45) is 0 Å². The minimum Gasteiger partial charge on any atom is -0.481 e. The average Bonchev–Trinajstić information content (AvgIpc) is 2.26. The molecule has 0 amide bonds. The molecule has 1 aliphatic heterocycles. The summed E-state index contributed by atoms with van der Waals surface area (Å²) in [6.45, 7) is 5.54. The van der Waals surface area contributed by atoms with Gasteiger partial charge in [-0.15, -0.1) is 0 Å². The van der Waals surface area contributed by atoms with Crippen molar-refractivity contribution >= 4 is 5.97 Å². The zero-order valence-electron chi connectivity index (χ0n) is 10.5. The summed E-state index contributed by atoms with van der Waals surface area (Å²) in [5, 5.41) is 17.9. The molecule has 5 nitrogen and oxygen atoms in total. The van der Waals surface area contributed by atoms with Crippen LogP contribution in [0.2, 0.25) is 0 Å². The number of aliphatic carboxylic acids is 1. The van der Waals surface area contributed by atoms with E-state index in [2.05, 4.69) is 6.07 Å². The van der Waals surface area contributed by atoms with E-state index < -0.39 is 23.5 Å². The van der Waals surface area contributed by atoms with Crippen molar-refractivity contribution in [1.82, 2.24) is 0 Å². The number of nitriles is 1. The van der Waals surface area contributed by atoms with E-state index in [9.17, 15) is 4.79 Å². The smallest absolute Gasteiger partial charge is 0.306 e. The number of carbonyl (C=O) groups is 1. The van der Waals surface area contributed by atoms with Gasteiger partial charge in [-0.05, 0) is 19.8 Å². The Labute approximate surface area is 101 Å². The van der Waals surface area contributed by atoms with Crippen LogP contribution in [0.3, 0.4) is 0 Å². The molecule has 0 radical (unpaired) electrons. The van der Waals surface area contributed by atoms with Crippen molar-refractivity contribution in [3.8, 4) is 6.07 Å². The fourth-order valence-electron chi connectivity index (χ4n) is 2.27.